The van der Waals surface area contributed by atoms with E-state index in [1.807, 2.05) is 0 Å². The first kappa shape index (κ1) is 15.1. The highest BCUT2D eigenvalue weighted by Gasteiger charge is 2.64. The van der Waals surface area contributed by atoms with E-state index in [0.29, 0.717) is 25.7 Å². The molecule has 0 heterocycles. The molecular weight excluding hydrogens is 253 g/mol. The maximum atomic E-state index is 13.8. The second kappa shape index (κ2) is 5.63. The van der Waals surface area contributed by atoms with E-state index in [9.17, 15) is 18.3 Å². The summed E-state index contributed by atoms with van der Waals surface area (Å²) in [5, 5.41) is 10.9. The second-order valence-corrected chi connectivity index (χ2v) is 6.44. The van der Waals surface area contributed by atoms with Crippen LogP contribution in [0.5, 0.6) is 0 Å². The van der Waals surface area contributed by atoms with Gasteiger partial charge in [0.2, 0.25) is 0 Å². The van der Waals surface area contributed by atoms with Gasteiger partial charge in [-0.3, -0.25) is 0 Å². The number of hydrogen-bond donors (Lipinski definition) is 1. The van der Waals surface area contributed by atoms with E-state index in [1.54, 1.807) is 0 Å². The van der Waals surface area contributed by atoms with Crippen molar-refractivity contribution in [2.45, 2.75) is 88.8 Å². The van der Waals surface area contributed by atoms with Crippen molar-refractivity contribution in [3.8, 4) is 0 Å². The summed E-state index contributed by atoms with van der Waals surface area (Å²) in [5.41, 5.74) is -3.37. The molecule has 112 valence electrons. The Balaban J connectivity index is 2.34. The lowest BCUT2D eigenvalue weighted by Gasteiger charge is -2.48. The lowest BCUT2D eigenvalue weighted by atomic mass is 9.63. The summed E-state index contributed by atoms with van der Waals surface area (Å²) >= 11 is 0. The second-order valence-electron chi connectivity index (χ2n) is 6.44. The highest BCUT2D eigenvalue weighted by atomic mass is 19.4. The summed E-state index contributed by atoms with van der Waals surface area (Å²) in [6.45, 7) is 0. The standard InChI is InChI=1S/C15H25F3O/c16-15(17,18)13(9-5-1-2-6-10-13)14(19)11-7-3-4-8-12-14/h19H,1-12H2. The molecular formula is C15H25F3O. The molecule has 2 rings (SSSR count). The molecule has 2 aliphatic rings. The van der Waals surface area contributed by atoms with Gasteiger partial charge in [-0.1, -0.05) is 51.4 Å². The molecule has 0 aromatic carbocycles. The van der Waals surface area contributed by atoms with Gasteiger partial charge in [0.15, 0.2) is 0 Å². The van der Waals surface area contributed by atoms with Crippen molar-refractivity contribution in [2.24, 2.45) is 5.41 Å². The summed E-state index contributed by atoms with van der Waals surface area (Å²) in [7, 11) is 0. The van der Waals surface area contributed by atoms with E-state index in [-0.39, 0.29) is 12.8 Å². The minimum atomic E-state index is -4.28. The molecule has 0 amide bonds. The zero-order valence-electron chi connectivity index (χ0n) is 11.6. The fourth-order valence-electron chi connectivity index (χ4n) is 4.14. The van der Waals surface area contributed by atoms with Crippen LogP contribution in [0.3, 0.4) is 0 Å². The smallest absolute Gasteiger partial charge is 0.389 e. The SMILES string of the molecule is OC1(C2(C(F)(F)F)CCCCCC2)CCCCCC1. The maximum absolute atomic E-state index is 13.8. The fraction of sp³-hybridized carbons (Fsp3) is 1.00. The zero-order chi connectivity index (χ0) is 14.0. The third-order valence-corrected chi connectivity index (χ3v) is 5.32. The molecule has 0 aromatic rings. The molecule has 1 nitrogen and oxygen atoms in total. The molecule has 19 heavy (non-hydrogen) atoms. The first-order valence-corrected chi connectivity index (χ1v) is 7.70. The number of halogens is 3. The van der Waals surface area contributed by atoms with Crippen LogP contribution in [0.2, 0.25) is 0 Å². The van der Waals surface area contributed by atoms with E-state index >= 15 is 0 Å². The van der Waals surface area contributed by atoms with E-state index in [4.69, 9.17) is 0 Å². The Morgan fingerprint density at radius 3 is 1.37 bits per heavy atom. The van der Waals surface area contributed by atoms with Crippen molar-refractivity contribution in [3.63, 3.8) is 0 Å². The highest BCUT2D eigenvalue weighted by molar-refractivity contribution is 5.04. The van der Waals surface area contributed by atoms with Crippen LogP contribution >= 0.6 is 0 Å². The monoisotopic (exact) mass is 278 g/mol. The fourth-order valence-corrected chi connectivity index (χ4v) is 4.14. The van der Waals surface area contributed by atoms with Crippen molar-refractivity contribution < 1.29 is 18.3 Å². The van der Waals surface area contributed by atoms with Gasteiger partial charge in [-0.25, -0.2) is 0 Å². The Bertz CT molecular complexity index is 282. The first-order valence-electron chi connectivity index (χ1n) is 7.70. The van der Waals surface area contributed by atoms with Crippen LogP contribution in [0.1, 0.15) is 77.0 Å². The van der Waals surface area contributed by atoms with E-state index in [2.05, 4.69) is 0 Å². The molecule has 0 bridgehead atoms. The predicted octanol–water partition coefficient (Wildman–Crippen LogP) is 4.97. The number of aliphatic hydroxyl groups is 1. The molecule has 2 saturated carbocycles. The van der Waals surface area contributed by atoms with Gasteiger partial charge in [0.05, 0.1) is 11.0 Å². The summed E-state index contributed by atoms with van der Waals surface area (Å²) in [6.07, 6.45) is 2.91. The molecule has 0 atom stereocenters. The van der Waals surface area contributed by atoms with Crippen LogP contribution in [0.15, 0.2) is 0 Å². The molecule has 4 heteroatoms. The van der Waals surface area contributed by atoms with Gasteiger partial charge in [-0.2, -0.15) is 13.2 Å². The van der Waals surface area contributed by atoms with Crippen molar-refractivity contribution >= 4 is 0 Å². The summed E-state index contributed by atoms with van der Waals surface area (Å²) < 4.78 is 41.3. The lowest BCUT2D eigenvalue weighted by molar-refractivity contribution is -0.293. The van der Waals surface area contributed by atoms with Crippen molar-refractivity contribution in [1.82, 2.24) is 0 Å². The zero-order valence-corrected chi connectivity index (χ0v) is 11.6. The minimum Gasteiger partial charge on any atom is -0.389 e. The third-order valence-electron chi connectivity index (χ3n) is 5.32. The number of alkyl halides is 3. The summed E-state index contributed by atoms with van der Waals surface area (Å²) in [6, 6.07) is 0. The van der Waals surface area contributed by atoms with Gasteiger partial charge in [0.1, 0.15) is 0 Å². The minimum absolute atomic E-state index is 0.118. The average Bonchev–Trinajstić information content (AvgIpc) is 2.69. The molecule has 0 saturated heterocycles. The van der Waals surface area contributed by atoms with E-state index in [0.717, 1.165) is 38.5 Å². The normalized spacial score (nSPS) is 28.4. The van der Waals surface area contributed by atoms with Gasteiger partial charge in [0.25, 0.3) is 0 Å². The van der Waals surface area contributed by atoms with Crippen LogP contribution in [0.25, 0.3) is 0 Å². The van der Waals surface area contributed by atoms with Crippen LogP contribution in [-0.2, 0) is 0 Å². The van der Waals surface area contributed by atoms with Crippen molar-refractivity contribution in [2.75, 3.05) is 0 Å². The number of rotatable bonds is 1. The quantitative estimate of drug-likeness (QED) is 0.671. The van der Waals surface area contributed by atoms with Crippen LogP contribution < -0.4 is 0 Å². The molecule has 0 aliphatic heterocycles. The van der Waals surface area contributed by atoms with Gasteiger partial charge < -0.3 is 5.11 Å². The predicted molar refractivity (Wildman–Crippen MR) is 68.8 cm³/mol. The van der Waals surface area contributed by atoms with E-state index < -0.39 is 17.2 Å². The third kappa shape index (κ3) is 2.79. The van der Waals surface area contributed by atoms with Crippen molar-refractivity contribution in [1.29, 1.82) is 0 Å². The average molecular weight is 278 g/mol. The van der Waals surface area contributed by atoms with E-state index in [1.165, 1.54) is 0 Å². The maximum Gasteiger partial charge on any atom is 0.397 e. The Morgan fingerprint density at radius 2 is 1.00 bits per heavy atom. The largest absolute Gasteiger partial charge is 0.397 e. The Morgan fingerprint density at radius 1 is 0.632 bits per heavy atom. The summed E-state index contributed by atoms with van der Waals surface area (Å²) in [4.78, 5) is 0. The Hall–Kier alpha value is -0.250. The van der Waals surface area contributed by atoms with Crippen LogP contribution in [0.4, 0.5) is 13.2 Å². The van der Waals surface area contributed by atoms with Crippen LogP contribution in [0, 0.1) is 5.41 Å². The number of hydrogen-bond acceptors (Lipinski definition) is 1. The molecule has 0 unspecified atom stereocenters. The van der Waals surface area contributed by atoms with Crippen molar-refractivity contribution in [3.05, 3.63) is 0 Å². The lowest BCUT2D eigenvalue weighted by Crippen LogP contribution is -2.56. The molecule has 0 radical (unpaired) electrons. The van der Waals surface area contributed by atoms with Gasteiger partial charge in [-0.05, 0) is 25.7 Å². The molecule has 2 aliphatic carbocycles. The van der Waals surface area contributed by atoms with Gasteiger partial charge >= 0.3 is 6.18 Å². The van der Waals surface area contributed by atoms with Crippen LogP contribution in [-0.4, -0.2) is 16.9 Å². The first-order chi connectivity index (χ1) is 8.91. The molecule has 0 spiro atoms. The molecule has 1 N–H and O–H groups in total. The summed E-state index contributed by atoms with van der Waals surface area (Å²) in [5.74, 6) is 0. The van der Waals surface area contributed by atoms with Gasteiger partial charge in [-0.15, -0.1) is 0 Å². The Labute approximate surface area is 113 Å². The highest BCUT2D eigenvalue weighted by Crippen LogP contribution is 2.58. The Kier molecular flexibility index (Phi) is 4.49. The molecule has 2 fully saturated rings. The molecule has 0 aromatic heterocycles. The van der Waals surface area contributed by atoms with Gasteiger partial charge in [0, 0.05) is 0 Å². The topological polar surface area (TPSA) is 20.2 Å².